The van der Waals surface area contributed by atoms with Crippen LogP contribution in [0.4, 0.5) is 0 Å². The molecule has 11 heteroatoms. The van der Waals surface area contributed by atoms with Crippen molar-refractivity contribution in [3.63, 3.8) is 0 Å². The van der Waals surface area contributed by atoms with Gasteiger partial charge in [-0.25, -0.2) is 9.79 Å². The summed E-state index contributed by atoms with van der Waals surface area (Å²) < 4.78 is 26.8. The van der Waals surface area contributed by atoms with E-state index in [2.05, 4.69) is 50.2 Å². The molecule has 8 nitrogen and oxygen atoms in total. The van der Waals surface area contributed by atoms with Gasteiger partial charge >= 0.3 is 5.97 Å². The summed E-state index contributed by atoms with van der Waals surface area (Å²) in [7, 11) is 1.57. The van der Waals surface area contributed by atoms with Crippen molar-refractivity contribution < 1.29 is 23.7 Å². The molecule has 1 aromatic heterocycles. The number of esters is 1. The Hall–Kier alpha value is -3.17. The maximum atomic E-state index is 14.1. The second-order valence-corrected chi connectivity index (χ2v) is 13.1. The highest BCUT2D eigenvalue weighted by molar-refractivity contribution is 14.1. The second kappa shape index (κ2) is 14.3. The van der Waals surface area contributed by atoms with E-state index in [0.717, 1.165) is 24.0 Å². The summed E-state index contributed by atoms with van der Waals surface area (Å²) >= 11 is 5.80. The zero-order valence-electron chi connectivity index (χ0n) is 24.6. The van der Waals surface area contributed by atoms with E-state index in [1.165, 1.54) is 11.3 Å². The number of carbonyl (C=O) groups is 1. The first-order chi connectivity index (χ1) is 21.2. The lowest BCUT2D eigenvalue weighted by molar-refractivity contribution is -0.139. The summed E-state index contributed by atoms with van der Waals surface area (Å²) in [6, 6.07) is 18.7. The summed E-state index contributed by atoms with van der Waals surface area (Å²) in [5.74, 6) is 1.36. The Balaban J connectivity index is 1.59. The molecule has 0 bridgehead atoms. The van der Waals surface area contributed by atoms with E-state index in [1.54, 1.807) is 37.7 Å². The first kappa shape index (κ1) is 32.2. The Morgan fingerprint density at radius 2 is 1.73 bits per heavy atom. The number of halogens is 2. The lowest BCUT2D eigenvalue weighted by Crippen LogP contribution is -2.40. The molecule has 0 spiro atoms. The molecule has 228 valence electrons. The Morgan fingerprint density at radius 1 is 1.00 bits per heavy atom. The van der Waals surface area contributed by atoms with Gasteiger partial charge in [-0.3, -0.25) is 9.36 Å². The van der Waals surface area contributed by atoms with Crippen molar-refractivity contribution in [3.8, 4) is 17.2 Å². The number of nitrogens with zero attached hydrogens (tertiary/aromatic N) is 2. The number of rotatable bonds is 10. The zero-order chi connectivity index (χ0) is 31.4. The average molecular weight is 836 g/mol. The summed E-state index contributed by atoms with van der Waals surface area (Å²) in [6.45, 7) is 6.48. The number of hydrogen-bond acceptors (Lipinski definition) is 8. The van der Waals surface area contributed by atoms with E-state index in [4.69, 9.17) is 18.9 Å². The van der Waals surface area contributed by atoms with Gasteiger partial charge in [-0.1, -0.05) is 47.7 Å². The van der Waals surface area contributed by atoms with Gasteiger partial charge in [0.1, 0.15) is 12.4 Å². The largest absolute Gasteiger partial charge is 0.493 e. The number of ether oxygens (including phenoxy) is 4. The van der Waals surface area contributed by atoms with Crippen molar-refractivity contribution in [3.05, 3.63) is 115 Å². The van der Waals surface area contributed by atoms with Gasteiger partial charge in [0.05, 0.1) is 49.3 Å². The maximum Gasteiger partial charge on any atom is 0.338 e. The molecule has 5 rings (SSSR count). The van der Waals surface area contributed by atoms with E-state index in [1.807, 2.05) is 61.5 Å². The molecule has 0 saturated carbocycles. The van der Waals surface area contributed by atoms with Crippen molar-refractivity contribution in [1.82, 2.24) is 4.57 Å². The van der Waals surface area contributed by atoms with Crippen molar-refractivity contribution in [2.45, 2.75) is 33.4 Å². The Morgan fingerprint density at radius 3 is 2.39 bits per heavy atom. The van der Waals surface area contributed by atoms with Crippen LogP contribution < -0.4 is 29.1 Å². The fourth-order valence-corrected chi connectivity index (χ4v) is 8.09. The summed E-state index contributed by atoms with van der Waals surface area (Å²) in [5, 5.41) is 0. The molecule has 1 atom stereocenters. The molecule has 0 amide bonds. The minimum absolute atomic E-state index is 0.196. The van der Waals surface area contributed by atoms with Crippen LogP contribution in [0.1, 0.15) is 43.5 Å². The van der Waals surface area contributed by atoms with Crippen LogP contribution in [0, 0.1) is 7.14 Å². The number of hydrogen-bond donors (Lipinski definition) is 0. The van der Waals surface area contributed by atoms with Gasteiger partial charge in [0.25, 0.3) is 5.56 Å². The molecule has 4 aromatic rings. The van der Waals surface area contributed by atoms with Crippen LogP contribution in [-0.4, -0.2) is 30.9 Å². The molecule has 0 fully saturated rings. The molecular weight excluding hydrogens is 806 g/mol. The molecule has 0 saturated heterocycles. The van der Waals surface area contributed by atoms with Crippen LogP contribution in [0.2, 0.25) is 0 Å². The van der Waals surface area contributed by atoms with Gasteiger partial charge in [-0.15, -0.1) is 0 Å². The van der Waals surface area contributed by atoms with Crippen molar-refractivity contribution >= 4 is 68.6 Å². The zero-order valence-corrected chi connectivity index (χ0v) is 29.7. The fourth-order valence-electron chi connectivity index (χ4n) is 4.92. The molecule has 0 unspecified atom stereocenters. The minimum Gasteiger partial charge on any atom is -0.493 e. The van der Waals surface area contributed by atoms with Gasteiger partial charge in [0.15, 0.2) is 16.3 Å². The number of thiazole rings is 1. The van der Waals surface area contributed by atoms with Crippen LogP contribution in [0.15, 0.2) is 81.7 Å². The Kier molecular flexibility index (Phi) is 10.5. The third-order valence-electron chi connectivity index (χ3n) is 6.86. The molecular formula is C33H30I2N2O6S. The minimum atomic E-state index is -0.758. The molecule has 44 heavy (non-hydrogen) atoms. The highest BCUT2D eigenvalue weighted by atomic mass is 127. The smallest absolute Gasteiger partial charge is 0.338 e. The van der Waals surface area contributed by atoms with Gasteiger partial charge in [0.2, 0.25) is 0 Å². The summed E-state index contributed by atoms with van der Waals surface area (Å²) in [5.41, 5.74) is 3.18. The number of allylic oxidation sites excluding steroid dienone is 1. The standard InChI is InChI=1S/C33H30I2N2O6S/c1-5-41-26-17-22(12-13-25(26)40-4)29-28(32(39)42-6-2)19(3)36-33-37(29)31(38)27(44-33)16-21-14-23(34)30(24(35)15-21)43-18-20-10-8-7-9-11-20/h7-17,29H,5-6,18H2,1-4H3/b27-16-/t29-/m1/s1. The summed E-state index contributed by atoms with van der Waals surface area (Å²) in [6.07, 6.45) is 1.86. The van der Waals surface area contributed by atoms with E-state index >= 15 is 0 Å². The lowest BCUT2D eigenvalue weighted by Gasteiger charge is -2.25. The fraction of sp³-hybridized carbons (Fsp3) is 0.242. The monoisotopic (exact) mass is 836 g/mol. The van der Waals surface area contributed by atoms with E-state index in [-0.39, 0.29) is 12.2 Å². The van der Waals surface area contributed by atoms with Crippen LogP contribution in [0.25, 0.3) is 6.08 Å². The third-order valence-corrected chi connectivity index (χ3v) is 9.45. The van der Waals surface area contributed by atoms with Crippen LogP contribution in [0.3, 0.4) is 0 Å². The number of aromatic nitrogens is 1. The van der Waals surface area contributed by atoms with Crippen LogP contribution in [-0.2, 0) is 16.1 Å². The average Bonchev–Trinajstić information content (AvgIpc) is 3.30. The Bertz CT molecular complexity index is 1890. The predicted molar refractivity (Wildman–Crippen MR) is 187 cm³/mol. The molecule has 1 aliphatic heterocycles. The molecule has 1 aliphatic rings. The molecule has 2 heterocycles. The van der Waals surface area contributed by atoms with Crippen LogP contribution in [0.5, 0.6) is 17.2 Å². The summed E-state index contributed by atoms with van der Waals surface area (Å²) in [4.78, 5) is 32.5. The van der Waals surface area contributed by atoms with Gasteiger partial charge in [-0.2, -0.15) is 0 Å². The number of carbonyl (C=O) groups excluding carboxylic acids is 1. The number of benzene rings is 3. The third kappa shape index (κ3) is 6.74. The quantitative estimate of drug-likeness (QED) is 0.144. The lowest BCUT2D eigenvalue weighted by atomic mass is 9.95. The Labute approximate surface area is 286 Å². The highest BCUT2D eigenvalue weighted by Crippen LogP contribution is 2.36. The first-order valence-electron chi connectivity index (χ1n) is 13.9. The van der Waals surface area contributed by atoms with Crippen LogP contribution >= 0.6 is 56.5 Å². The normalized spacial score (nSPS) is 14.6. The van der Waals surface area contributed by atoms with Gasteiger partial charge in [-0.05, 0) is 113 Å². The second-order valence-electron chi connectivity index (χ2n) is 9.73. The molecule has 0 aliphatic carbocycles. The van der Waals surface area contributed by atoms with Crippen molar-refractivity contribution in [2.24, 2.45) is 4.99 Å². The van der Waals surface area contributed by atoms with Gasteiger partial charge in [0, 0.05) is 0 Å². The van der Waals surface area contributed by atoms with Gasteiger partial charge < -0.3 is 18.9 Å². The van der Waals surface area contributed by atoms with Crippen molar-refractivity contribution in [1.29, 1.82) is 0 Å². The van der Waals surface area contributed by atoms with E-state index < -0.39 is 12.0 Å². The predicted octanol–water partition coefficient (Wildman–Crippen LogP) is 5.99. The van der Waals surface area contributed by atoms with E-state index in [9.17, 15) is 9.59 Å². The van der Waals surface area contributed by atoms with E-state index in [0.29, 0.717) is 50.9 Å². The molecule has 0 N–H and O–H groups in total. The van der Waals surface area contributed by atoms with Crippen molar-refractivity contribution in [2.75, 3.05) is 20.3 Å². The SMILES string of the molecule is CCOC(=O)C1=C(C)N=c2s/c(=C\c3cc(I)c(OCc4ccccc4)c(I)c3)c(=O)n2[C@@H]1c1ccc(OC)c(OCC)c1. The first-order valence-corrected chi connectivity index (χ1v) is 16.9. The number of methoxy groups -OCH3 is 1. The highest BCUT2D eigenvalue weighted by Gasteiger charge is 2.34. The maximum absolute atomic E-state index is 14.1. The molecule has 3 aromatic carbocycles. The topological polar surface area (TPSA) is 88.4 Å². The number of fused-ring (bicyclic) bond motifs is 1. The molecule has 0 radical (unpaired) electrons.